The van der Waals surface area contributed by atoms with Crippen molar-refractivity contribution in [1.82, 2.24) is 0 Å². The molecule has 0 saturated heterocycles. The van der Waals surface area contributed by atoms with E-state index in [2.05, 4.69) is 6.92 Å². The molecule has 6 heteroatoms. The Morgan fingerprint density at radius 2 is 1.12 bits per heavy atom. The summed E-state index contributed by atoms with van der Waals surface area (Å²) < 4.78 is 0. The van der Waals surface area contributed by atoms with Crippen molar-refractivity contribution in [2.75, 3.05) is 0 Å². The van der Waals surface area contributed by atoms with Crippen molar-refractivity contribution in [1.29, 1.82) is 0 Å². The van der Waals surface area contributed by atoms with Crippen LogP contribution in [0.4, 0.5) is 0 Å². The molecule has 0 heterocycles. The molecule has 0 rings (SSSR count). The maximum absolute atomic E-state index is 10.4. The Labute approximate surface area is 151 Å². The summed E-state index contributed by atoms with van der Waals surface area (Å²) in [6.45, 7) is 2.11. The number of carbonyl (C=O) groups is 1. The van der Waals surface area contributed by atoms with Crippen molar-refractivity contribution in [3.05, 3.63) is 0 Å². The van der Waals surface area contributed by atoms with Gasteiger partial charge < -0.3 is 25.5 Å². The van der Waals surface area contributed by atoms with E-state index in [-0.39, 0.29) is 12.8 Å². The van der Waals surface area contributed by atoms with Crippen LogP contribution in [-0.4, -0.2) is 55.9 Å². The van der Waals surface area contributed by atoms with Crippen LogP contribution in [-0.2, 0) is 4.79 Å². The number of aliphatic hydroxyl groups is 4. The molecular weight excluding hydrogens is 324 g/mol. The fourth-order valence-electron chi connectivity index (χ4n) is 2.89. The average Bonchev–Trinajstić information content (AvgIpc) is 2.56. The molecule has 150 valence electrons. The van der Waals surface area contributed by atoms with Gasteiger partial charge in [-0.15, -0.1) is 0 Å². The Balaban J connectivity index is 3.74. The van der Waals surface area contributed by atoms with Gasteiger partial charge in [0.2, 0.25) is 0 Å². The van der Waals surface area contributed by atoms with Crippen LogP contribution in [0.2, 0.25) is 0 Å². The molecule has 4 atom stereocenters. The monoisotopic (exact) mass is 362 g/mol. The van der Waals surface area contributed by atoms with Gasteiger partial charge >= 0.3 is 5.97 Å². The van der Waals surface area contributed by atoms with Gasteiger partial charge in [-0.1, -0.05) is 58.3 Å². The zero-order valence-electron chi connectivity index (χ0n) is 15.6. The zero-order chi connectivity index (χ0) is 19.1. The Morgan fingerprint density at radius 3 is 1.60 bits per heavy atom. The highest BCUT2D eigenvalue weighted by Crippen LogP contribution is 2.16. The number of hydrogen-bond donors (Lipinski definition) is 5. The van der Waals surface area contributed by atoms with Gasteiger partial charge in [-0.05, 0) is 19.3 Å². The Kier molecular flexibility index (Phi) is 15.1. The summed E-state index contributed by atoms with van der Waals surface area (Å²) >= 11 is 0. The van der Waals surface area contributed by atoms with E-state index >= 15 is 0 Å². The van der Waals surface area contributed by atoms with E-state index in [0.29, 0.717) is 19.3 Å². The number of carboxylic acid groups (broad SMARTS) is 1. The molecule has 5 N–H and O–H groups in total. The van der Waals surface area contributed by atoms with Crippen LogP contribution in [0.1, 0.15) is 90.4 Å². The first-order chi connectivity index (χ1) is 11.9. The summed E-state index contributed by atoms with van der Waals surface area (Å²) in [6, 6.07) is 0. The molecule has 0 spiro atoms. The molecule has 0 aromatic heterocycles. The molecule has 0 aromatic carbocycles. The topological polar surface area (TPSA) is 118 Å². The molecule has 25 heavy (non-hydrogen) atoms. The highest BCUT2D eigenvalue weighted by molar-refractivity contribution is 5.66. The first kappa shape index (κ1) is 24.3. The zero-order valence-corrected chi connectivity index (χ0v) is 15.6. The van der Waals surface area contributed by atoms with Crippen LogP contribution in [0.15, 0.2) is 0 Å². The van der Waals surface area contributed by atoms with E-state index in [1.54, 1.807) is 0 Å². The largest absolute Gasteiger partial charge is 0.481 e. The highest BCUT2D eigenvalue weighted by Gasteiger charge is 2.24. The van der Waals surface area contributed by atoms with Crippen molar-refractivity contribution < 1.29 is 30.3 Å². The lowest BCUT2D eigenvalue weighted by Gasteiger charge is -2.23. The average molecular weight is 363 g/mol. The number of aliphatic carboxylic acids is 1. The Bertz CT molecular complexity index is 323. The van der Waals surface area contributed by atoms with Crippen molar-refractivity contribution in [2.24, 2.45) is 0 Å². The predicted molar refractivity (Wildman–Crippen MR) is 97.4 cm³/mol. The molecule has 0 amide bonds. The van der Waals surface area contributed by atoms with Gasteiger partial charge in [-0.2, -0.15) is 0 Å². The van der Waals surface area contributed by atoms with Gasteiger partial charge in [-0.3, -0.25) is 4.79 Å². The van der Waals surface area contributed by atoms with Crippen LogP contribution in [0, 0.1) is 0 Å². The maximum Gasteiger partial charge on any atom is 0.303 e. The van der Waals surface area contributed by atoms with E-state index in [0.717, 1.165) is 51.4 Å². The standard InChI is InChI=1S/C19H38O6/c1-2-3-4-8-11-15(20)17(22)14-18(23)16(21)12-9-6-5-7-10-13-19(24)25/h15-18,20-23H,2-14H2,1H3,(H,24,25). The minimum Gasteiger partial charge on any atom is -0.481 e. The quantitative estimate of drug-likeness (QED) is 0.254. The Hall–Kier alpha value is -0.690. The number of rotatable bonds is 17. The predicted octanol–water partition coefficient (Wildman–Crippen LogP) is 2.61. The van der Waals surface area contributed by atoms with Crippen molar-refractivity contribution in [3.8, 4) is 0 Å². The van der Waals surface area contributed by atoms with Crippen LogP contribution < -0.4 is 0 Å². The molecule has 0 bridgehead atoms. The lowest BCUT2D eigenvalue weighted by atomic mass is 9.96. The molecule has 4 unspecified atom stereocenters. The van der Waals surface area contributed by atoms with Crippen molar-refractivity contribution in [2.45, 2.75) is 115 Å². The third-order valence-corrected chi connectivity index (χ3v) is 4.62. The summed E-state index contributed by atoms with van der Waals surface area (Å²) in [4.78, 5) is 10.4. The molecule has 0 aliphatic rings. The lowest BCUT2D eigenvalue weighted by molar-refractivity contribution is -0.137. The van der Waals surface area contributed by atoms with Gasteiger partial charge in [-0.25, -0.2) is 0 Å². The van der Waals surface area contributed by atoms with Crippen LogP contribution in [0.5, 0.6) is 0 Å². The number of unbranched alkanes of at least 4 members (excludes halogenated alkanes) is 7. The number of carboxylic acids is 1. The van der Waals surface area contributed by atoms with Gasteiger partial charge in [0.05, 0.1) is 24.4 Å². The fraction of sp³-hybridized carbons (Fsp3) is 0.947. The smallest absolute Gasteiger partial charge is 0.303 e. The minimum absolute atomic E-state index is 0.0191. The van der Waals surface area contributed by atoms with Gasteiger partial charge in [0, 0.05) is 12.8 Å². The number of hydrogen-bond acceptors (Lipinski definition) is 5. The highest BCUT2D eigenvalue weighted by atomic mass is 16.4. The fourth-order valence-corrected chi connectivity index (χ4v) is 2.89. The first-order valence-corrected chi connectivity index (χ1v) is 9.82. The van der Waals surface area contributed by atoms with E-state index in [4.69, 9.17) is 5.11 Å². The van der Waals surface area contributed by atoms with E-state index in [9.17, 15) is 25.2 Å². The summed E-state index contributed by atoms with van der Waals surface area (Å²) in [6.07, 6.45) is 5.50. The second-order valence-electron chi connectivity index (χ2n) is 7.05. The molecule has 6 nitrogen and oxygen atoms in total. The van der Waals surface area contributed by atoms with E-state index in [1.807, 2.05) is 0 Å². The SMILES string of the molecule is CCCCCCC(O)C(O)CC(O)C(O)CCCCCCCC(=O)O. The third kappa shape index (κ3) is 14.2. The summed E-state index contributed by atoms with van der Waals surface area (Å²) in [5.41, 5.74) is 0. The van der Waals surface area contributed by atoms with Gasteiger partial charge in [0.15, 0.2) is 0 Å². The second-order valence-corrected chi connectivity index (χ2v) is 7.05. The minimum atomic E-state index is -1.03. The molecular formula is C19H38O6. The molecule has 0 radical (unpaired) electrons. The van der Waals surface area contributed by atoms with E-state index in [1.165, 1.54) is 0 Å². The first-order valence-electron chi connectivity index (χ1n) is 9.82. The lowest BCUT2D eigenvalue weighted by Crippen LogP contribution is -2.35. The summed E-state index contributed by atoms with van der Waals surface area (Å²) in [7, 11) is 0. The van der Waals surface area contributed by atoms with Gasteiger partial charge in [0.25, 0.3) is 0 Å². The van der Waals surface area contributed by atoms with Crippen LogP contribution >= 0.6 is 0 Å². The third-order valence-electron chi connectivity index (χ3n) is 4.62. The Morgan fingerprint density at radius 1 is 0.680 bits per heavy atom. The maximum atomic E-state index is 10.4. The van der Waals surface area contributed by atoms with Gasteiger partial charge in [0.1, 0.15) is 0 Å². The van der Waals surface area contributed by atoms with Crippen LogP contribution in [0.3, 0.4) is 0 Å². The molecule has 0 aromatic rings. The van der Waals surface area contributed by atoms with Crippen LogP contribution in [0.25, 0.3) is 0 Å². The van der Waals surface area contributed by atoms with E-state index < -0.39 is 30.4 Å². The molecule has 0 aliphatic heterocycles. The van der Waals surface area contributed by atoms with Crippen molar-refractivity contribution >= 4 is 5.97 Å². The number of aliphatic hydroxyl groups excluding tert-OH is 4. The summed E-state index contributed by atoms with van der Waals surface area (Å²) in [5.74, 6) is -0.773. The molecule has 0 saturated carbocycles. The summed E-state index contributed by atoms with van der Waals surface area (Å²) in [5, 5.41) is 48.3. The normalized spacial score (nSPS) is 16.4. The molecule has 0 aliphatic carbocycles. The molecule has 0 fully saturated rings. The second kappa shape index (κ2) is 15.6. The van der Waals surface area contributed by atoms with Crippen molar-refractivity contribution in [3.63, 3.8) is 0 Å².